The Morgan fingerprint density at radius 1 is 1.38 bits per heavy atom. The van der Waals surface area contributed by atoms with E-state index in [4.69, 9.17) is 10.00 Å². The van der Waals surface area contributed by atoms with Crippen molar-refractivity contribution in [1.82, 2.24) is 0 Å². The van der Waals surface area contributed by atoms with Crippen LogP contribution < -0.4 is 4.74 Å². The highest BCUT2D eigenvalue weighted by Crippen LogP contribution is 2.09. The Hall–Kier alpha value is -2.02. The van der Waals surface area contributed by atoms with Crippen LogP contribution in [0.25, 0.3) is 0 Å². The third-order valence-corrected chi connectivity index (χ3v) is 1.41. The van der Waals surface area contributed by atoms with E-state index < -0.39 is 0 Å². The molecule has 13 heavy (non-hydrogen) atoms. The highest BCUT2D eigenvalue weighted by atomic mass is 16.6. The molecule has 0 aliphatic carbocycles. The maximum absolute atomic E-state index is 8.02. The molecule has 0 bridgehead atoms. The predicted octanol–water partition coefficient (Wildman–Crippen LogP) is 1.53. The fourth-order valence-electron chi connectivity index (χ4n) is 0.801. The number of hydrogen-bond donors (Lipinski definition) is 0. The minimum Gasteiger partial charge on any atom is -0.497 e. The number of methoxy groups -OCH3 is 1. The molecule has 4 heteroatoms. The lowest BCUT2D eigenvalue weighted by Crippen LogP contribution is -1.84. The van der Waals surface area contributed by atoms with Crippen molar-refractivity contribution in [1.29, 1.82) is 5.26 Å². The van der Waals surface area contributed by atoms with Gasteiger partial charge in [-0.05, 0) is 29.8 Å². The fourth-order valence-corrected chi connectivity index (χ4v) is 0.801. The molecule has 0 unspecified atom stereocenters. The molecule has 1 rings (SSSR count). The molecular weight excluding hydrogens is 168 g/mol. The molecule has 0 heterocycles. The zero-order chi connectivity index (χ0) is 9.52. The number of ether oxygens (including phenoxy) is 1. The van der Waals surface area contributed by atoms with E-state index in [0.29, 0.717) is 0 Å². The molecule has 0 radical (unpaired) electrons. The van der Waals surface area contributed by atoms with Crippen molar-refractivity contribution in [3.63, 3.8) is 0 Å². The van der Waals surface area contributed by atoms with Gasteiger partial charge in [0.2, 0.25) is 0 Å². The van der Waals surface area contributed by atoms with Gasteiger partial charge in [-0.25, -0.2) is 0 Å². The van der Waals surface area contributed by atoms with E-state index in [1.165, 1.54) is 12.5 Å². The number of nitrogens with zero attached hydrogens (tertiary/aromatic N) is 2. The third-order valence-electron chi connectivity index (χ3n) is 1.41. The van der Waals surface area contributed by atoms with Crippen molar-refractivity contribution in [2.75, 3.05) is 7.11 Å². The molecule has 0 aromatic heterocycles. The lowest BCUT2D eigenvalue weighted by atomic mass is 10.2. The summed E-state index contributed by atoms with van der Waals surface area (Å²) in [5.74, 6) is 0.776. The summed E-state index contributed by atoms with van der Waals surface area (Å²) in [4.78, 5) is 4.14. The zero-order valence-electron chi connectivity index (χ0n) is 7.10. The molecule has 1 aromatic carbocycles. The largest absolute Gasteiger partial charge is 0.497 e. The number of hydrogen-bond acceptors (Lipinski definition) is 4. The molecule has 0 aliphatic rings. The van der Waals surface area contributed by atoms with E-state index in [2.05, 4.69) is 9.99 Å². The highest BCUT2D eigenvalue weighted by molar-refractivity contribution is 5.79. The Balaban J connectivity index is 2.65. The van der Waals surface area contributed by atoms with E-state index in [1.807, 2.05) is 12.1 Å². The number of oxime groups is 1. The SMILES string of the molecule is COc1ccc(/C=N\OC#N)cc1. The van der Waals surface area contributed by atoms with Crippen LogP contribution in [0.15, 0.2) is 29.4 Å². The summed E-state index contributed by atoms with van der Waals surface area (Å²) in [6, 6.07) is 7.22. The molecule has 0 atom stereocenters. The molecule has 0 saturated carbocycles. The van der Waals surface area contributed by atoms with Gasteiger partial charge in [-0.15, -0.1) is 5.26 Å². The predicted molar refractivity (Wildman–Crippen MR) is 47.3 cm³/mol. The summed E-state index contributed by atoms with van der Waals surface area (Å²) in [6.45, 7) is 0. The lowest BCUT2D eigenvalue weighted by Gasteiger charge is -1.97. The summed E-state index contributed by atoms with van der Waals surface area (Å²) < 4.78 is 4.97. The van der Waals surface area contributed by atoms with Crippen LogP contribution in [0.1, 0.15) is 5.56 Å². The summed E-state index contributed by atoms with van der Waals surface area (Å²) >= 11 is 0. The van der Waals surface area contributed by atoms with Crippen molar-refractivity contribution in [3.8, 4) is 12.0 Å². The molecule has 0 saturated heterocycles. The van der Waals surface area contributed by atoms with Crippen LogP contribution in [0.5, 0.6) is 5.75 Å². The minimum absolute atomic E-state index is 0.776. The van der Waals surface area contributed by atoms with E-state index in [-0.39, 0.29) is 0 Å². The molecule has 0 amide bonds. The molecule has 0 spiro atoms. The van der Waals surface area contributed by atoms with Gasteiger partial charge in [0.25, 0.3) is 0 Å². The van der Waals surface area contributed by atoms with Crippen molar-refractivity contribution >= 4 is 6.21 Å². The Labute approximate surface area is 76.0 Å². The number of rotatable bonds is 3. The average Bonchev–Trinajstić information content (AvgIpc) is 2.19. The first-order chi connectivity index (χ1) is 6.36. The van der Waals surface area contributed by atoms with Gasteiger partial charge < -0.3 is 4.74 Å². The first kappa shape index (κ1) is 9.07. The average molecular weight is 176 g/mol. The molecular formula is C9H8N2O2. The van der Waals surface area contributed by atoms with E-state index in [0.717, 1.165) is 11.3 Å². The van der Waals surface area contributed by atoms with Crippen LogP contribution in [0, 0.1) is 11.5 Å². The van der Waals surface area contributed by atoms with Crippen LogP contribution in [0.2, 0.25) is 0 Å². The van der Waals surface area contributed by atoms with Crippen LogP contribution >= 0.6 is 0 Å². The first-order valence-corrected chi connectivity index (χ1v) is 3.59. The zero-order valence-corrected chi connectivity index (χ0v) is 7.10. The van der Waals surface area contributed by atoms with E-state index >= 15 is 0 Å². The summed E-state index contributed by atoms with van der Waals surface area (Å²) in [6.07, 6.45) is 2.88. The van der Waals surface area contributed by atoms with Gasteiger partial charge in [0.05, 0.1) is 13.3 Å². The van der Waals surface area contributed by atoms with Gasteiger partial charge in [0, 0.05) is 0 Å². The summed E-state index contributed by atoms with van der Waals surface area (Å²) in [5.41, 5.74) is 0.844. The standard InChI is InChI=1S/C9H8N2O2/c1-12-9-4-2-8(3-5-9)6-11-13-7-10/h2-6H,1H3/b11-6-. The van der Waals surface area contributed by atoms with Crippen molar-refractivity contribution < 1.29 is 9.57 Å². The molecule has 0 fully saturated rings. The normalized spacial score (nSPS) is 9.54. The van der Waals surface area contributed by atoms with Crippen molar-refractivity contribution in [2.24, 2.45) is 5.16 Å². The quantitative estimate of drug-likeness (QED) is 0.398. The lowest BCUT2D eigenvalue weighted by molar-refractivity contribution is 0.293. The van der Waals surface area contributed by atoms with Gasteiger partial charge in [-0.3, -0.25) is 4.84 Å². The highest BCUT2D eigenvalue weighted by Gasteiger charge is 1.90. The smallest absolute Gasteiger partial charge is 0.316 e. The van der Waals surface area contributed by atoms with E-state index in [9.17, 15) is 0 Å². The van der Waals surface area contributed by atoms with Crippen LogP contribution in [-0.2, 0) is 4.84 Å². The summed E-state index contributed by atoms with van der Waals surface area (Å²) in [7, 11) is 1.60. The molecule has 0 N–H and O–H groups in total. The second-order valence-corrected chi connectivity index (χ2v) is 2.19. The van der Waals surface area contributed by atoms with Crippen LogP contribution in [-0.4, -0.2) is 13.3 Å². The first-order valence-electron chi connectivity index (χ1n) is 3.59. The van der Waals surface area contributed by atoms with Gasteiger partial charge >= 0.3 is 6.26 Å². The Morgan fingerprint density at radius 2 is 2.08 bits per heavy atom. The van der Waals surface area contributed by atoms with Crippen molar-refractivity contribution in [2.45, 2.75) is 0 Å². The monoisotopic (exact) mass is 176 g/mol. The summed E-state index contributed by atoms with van der Waals surface area (Å²) in [5, 5.41) is 11.4. The topological polar surface area (TPSA) is 54.6 Å². The Bertz CT molecular complexity index is 324. The molecule has 66 valence electrons. The van der Waals surface area contributed by atoms with Crippen LogP contribution in [0.3, 0.4) is 0 Å². The minimum atomic E-state index is 0.776. The van der Waals surface area contributed by atoms with Gasteiger partial charge in [0.15, 0.2) is 0 Å². The number of benzene rings is 1. The van der Waals surface area contributed by atoms with Gasteiger partial charge in [-0.2, -0.15) is 0 Å². The van der Waals surface area contributed by atoms with E-state index in [1.54, 1.807) is 19.2 Å². The fraction of sp³-hybridized carbons (Fsp3) is 0.111. The van der Waals surface area contributed by atoms with Gasteiger partial charge in [0.1, 0.15) is 5.75 Å². The Morgan fingerprint density at radius 3 is 2.62 bits per heavy atom. The number of nitriles is 1. The second kappa shape index (κ2) is 4.78. The molecule has 1 aromatic rings. The maximum Gasteiger partial charge on any atom is 0.316 e. The van der Waals surface area contributed by atoms with Crippen molar-refractivity contribution in [3.05, 3.63) is 29.8 Å². The molecule has 4 nitrogen and oxygen atoms in total. The van der Waals surface area contributed by atoms with Crippen LogP contribution in [0.4, 0.5) is 0 Å². The maximum atomic E-state index is 8.02. The van der Waals surface area contributed by atoms with Gasteiger partial charge in [-0.1, -0.05) is 5.16 Å². The second-order valence-electron chi connectivity index (χ2n) is 2.19. The molecule has 0 aliphatic heterocycles. The third kappa shape index (κ3) is 2.83. The Kier molecular flexibility index (Phi) is 3.33.